The number of fused-ring (bicyclic) bond motifs is 2. The summed E-state index contributed by atoms with van der Waals surface area (Å²) in [5.41, 5.74) is 0.505. The van der Waals surface area contributed by atoms with Crippen LogP contribution in [0.25, 0.3) is 21.9 Å². The van der Waals surface area contributed by atoms with Gasteiger partial charge in [-0.3, -0.25) is 4.79 Å². The highest BCUT2D eigenvalue weighted by Crippen LogP contribution is 2.38. The van der Waals surface area contributed by atoms with Crippen LogP contribution in [0.15, 0.2) is 47.1 Å². The molecule has 198 valence electrons. The van der Waals surface area contributed by atoms with Crippen LogP contribution in [0.4, 0.5) is 13.2 Å². The summed E-state index contributed by atoms with van der Waals surface area (Å²) in [6, 6.07) is 10.3. The van der Waals surface area contributed by atoms with E-state index in [0.717, 1.165) is 30.2 Å². The van der Waals surface area contributed by atoms with E-state index >= 15 is 0 Å². The molecule has 0 bridgehead atoms. The number of carbonyl (C=O) groups is 1. The minimum absolute atomic E-state index is 0.0536. The van der Waals surface area contributed by atoms with E-state index in [-0.39, 0.29) is 23.4 Å². The second kappa shape index (κ2) is 11.1. The molecule has 10 heteroatoms. The third-order valence-electron chi connectivity index (χ3n) is 6.29. The molecule has 0 saturated carbocycles. The molecule has 4 rings (SSSR count). The van der Waals surface area contributed by atoms with Gasteiger partial charge in [-0.05, 0) is 55.5 Å². The second-order valence-electron chi connectivity index (χ2n) is 9.10. The van der Waals surface area contributed by atoms with E-state index in [1.807, 2.05) is 31.2 Å². The van der Waals surface area contributed by atoms with Gasteiger partial charge in [0.15, 0.2) is 11.3 Å². The molecule has 2 aromatic carbocycles. The van der Waals surface area contributed by atoms with E-state index < -0.39 is 17.8 Å². The average molecular weight is 519 g/mol. The standard InChI is InChI=1S/C27H29F3N2O5/c1-3-5-19-23(9-8-20-25(19)37-31-26(20)27(28,29)30)36-15-12-17(2)11-14-35-22-7-4-6-21-18(22)10-13-32(21)16-24(33)34/h4,6-10,13,17H,3,5,11-12,14-16H2,1-2H3,(H,33,34). The molecular formula is C27H29F3N2O5. The van der Waals surface area contributed by atoms with Gasteiger partial charge in [-0.15, -0.1) is 0 Å². The first kappa shape index (κ1) is 26.4. The summed E-state index contributed by atoms with van der Waals surface area (Å²) in [4.78, 5) is 11.1. The predicted molar refractivity (Wildman–Crippen MR) is 132 cm³/mol. The number of aromatic nitrogens is 2. The molecule has 0 aliphatic rings. The minimum atomic E-state index is -4.58. The first-order chi connectivity index (χ1) is 17.7. The Hall–Kier alpha value is -3.69. The fourth-order valence-electron chi connectivity index (χ4n) is 4.36. The van der Waals surface area contributed by atoms with Crippen molar-refractivity contribution in [3.8, 4) is 11.5 Å². The number of aryl methyl sites for hydroxylation is 1. The highest BCUT2D eigenvalue weighted by atomic mass is 19.4. The zero-order chi connectivity index (χ0) is 26.6. The Labute approximate surface area is 211 Å². The quantitative estimate of drug-likeness (QED) is 0.224. The van der Waals surface area contributed by atoms with Crippen molar-refractivity contribution in [3.63, 3.8) is 0 Å². The van der Waals surface area contributed by atoms with E-state index in [9.17, 15) is 18.0 Å². The number of ether oxygens (including phenoxy) is 2. The molecule has 7 nitrogen and oxygen atoms in total. The lowest BCUT2D eigenvalue weighted by molar-refractivity contribution is -0.141. The van der Waals surface area contributed by atoms with Gasteiger partial charge in [0, 0.05) is 17.1 Å². The summed E-state index contributed by atoms with van der Waals surface area (Å²) >= 11 is 0. The van der Waals surface area contributed by atoms with Gasteiger partial charge in [0.1, 0.15) is 18.0 Å². The van der Waals surface area contributed by atoms with Gasteiger partial charge < -0.3 is 23.7 Å². The fraction of sp³-hybridized carbons (Fsp3) is 0.407. The van der Waals surface area contributed by atoms with Crippen LogP contribution in [0.3, 0.4) is 0 Å². The summed E-state index contributed by atoms with van der Waals surface area (Å²) in [5, 5.41) is 13.1. The van der Waals surface area contributed by atoms with E-state index in [0.29, 0.717) is 36.7 Å². The molecule has 2 aromatic heterocycles. The second-order valence-corrected chi connectivity index (χ2v) is 9.10. The monoisotopic (exact) mass is 518 g/mol. The number of hydrogen-bond donors (Lipinski definition) is 1. The van der Waals surface area contributed by atoms with Crippen LogP contribution >= 0.6 is 0 Å². The van der Waals surface area contributed by atoms with Gasteiger partial charge >= 0.3 is 12.1 Å². The topological polar surface area (TPSA) is 86.7 Å². The van der Waals surface area contributed by atoms with Gasteiger partial charge in [0.05, 0.1) is 24.1 Å². The van der Waals surface area contributed by atoms with Crippen LogP contribution in [0.2, 0.25) is 0 Å². The van der Waals surface area contributed by atoms with E-state index in [2.05, 4.69) is 12.1 Å². The number of benzene rings is 2. The highest BCUT2D eigenvalue weighted by Gasteiger charge is 2.37. The molecule has 1 N–H and O–H groups in total. The van der Waals surface area contributed by atoms with Crippen LogP contribution in [0, 0.1) is 5.92 Å². The minimum Gasteiger partial charge on any atom is -0.493 e. The van der Waals surface area contributed by atoms with Gasteiger partial charge in [0.25, 0.3) is 0 Å². The summed E-state index contributed by atoms with van der Waals surface area (Å²) in [7, 11) is 0. The molecule has 1 atom stereocenters. The Morgan fingerprint density at radius 2 is 1.81 bits per heavy atom. The lowest BCUT2D eigenvalue weighted by Crippen LogP contribution is -2.10. The summed E-state index contributed by atoms with van der Waals surface area (Å²) in [5.74, 6) is 0.581. The Morgan fingerprint density at radius 3 is 2.49 bits per heavy atom. The van der Waals surface area contributed by atoms with Gasteiger partial charge in [-0.1, -0.05) is 31.5 Å². The van der Waals surface area contributed by atoms with Crippen molar-refractivity contribution < 1.29 is 37.1 Å². The molecule has 1 unspecified atom stereocenters. The zero-order valence-corrected chi connectivity index (χ0v) is 20.7. The predicted octanol–water partition coefficient (Wildman–Crippen LogP) is 6.71. The third-order valence-corrected chi connectivity index (χ3v) is 6.29. The van der Waals surface area contributed by atoms with E-state index in [1.165, 1.54) is 6.07 Å². The molecule has 0 fully saturated rings. The maximum Gasteiger partial charge on any atom is 0.437 e. The van der Waals surface area contributed by atoms with Crippen molar-refractivity contribution in [2.75, 3.05) is 13.2 Å². The number of hydrogen-bond acceptors (Lipinski definition) is 5. The largest absolute Gasteiger partial charge is 0.493 e. The average Bonchev–Trinajstić information content (AvgIpc) is 3.45. The number of nitrogens with zero attached hydrogens (tertiary/aromatic N) is 2. The SMILES string of the molecule is CCCc1c(OCCC(C)CCOc2cccc3c2ccn3CC(=O)O)ccc2c(C(F)(F)F)noc12. The highest BCUT2D eigenvalue weighted by molar-refractivity contribution is 5.87. The van der Waals surface area contributed by atoms with Crippen LogP contribution in [-0.4, -0.2) is 34.0 Å². The molecule has 2 heterocycles. The van der Waals surface area contributed by atoms with Crippen LogP contribution in [0.5, 0.6) is 11.5 Å². The van der Waals surface area contributed by atoms with Crippen molar-refractivity contribution in [1.29, 1.82) is 0 Å². The number of halogens is 3. The molecule has 0 aliphatic carbocycles. The number of carboxylic acid groups (broad SMARTS) is 1. The molecule has 0 aliphatic heterocycles. The normalized spacial score (nSPS) is 12.8. The van der Waals surface area contributed by atoms with E-state index in [4.69, 9.17) is 19.1 Å². The van der Waals surface area contributed by atoms with Crippen molar-refractivity contribution in [2.24, 2.45) is 5.92 Å². The van der Waals surface area contributed by atoms with Crippen molar-refractivity contribution >= 4 is 27.8 Å². The Bertz CT molecular complexity index is 1380. The number of alkyl halides is 3. The Morgan fingerprint density at radius 1 is 1.08 bits per heavy atom. The molecule has 0 saturated heterocycles. The van der Waals surface area contributed by atoms with E-state index in [1.54, 1.807) is 16.8 Å². The lowest BCUT2D eigenvalue weighted by Gasteiger charge is -2.15. The molecule has 0 radical (unpaired) electrons. The summed E-state index contributed by atoms with van der Waals surface area (Å²) in [6.45, 7) is 4.79. The number of aliphatic carboxylic acids is 1. The fourth-order valence-corrected chi connectivity index (χ4v) is 4.36. The number of rotatable bonds is 12. The number of carboxylic acids is 1. The van der Waals surface area contributed by atoms with Gasteiger partial charge in [0.2, 0.25) is 0 Å². The van der Waals surface area contributed by atoms with Crippen molar-refractivity contribution in [3.05, 3.63) is 53.9 Å². The smallest absolute Gasteiger partial charge is 0.437 e. The molecular weight excluding hydrogens is 489 g/mol. The van der Waals surface area contributed by atoms with Crippen LogP contribution in [0.1, 0.15) is 44.4 Å². The summed E-state index contributed by atoms with van der Waals surface area (Å²) < 4.78 is 58.3. The van der Waals surface area contributed by atoms with Gasteiger partial charge in [-0.2, -0.15) is 13.2 Å². The maximum absolute atomic E-state index is 13.2. The van der Waals surface area contributed by atoms with Crippen molar-refractivity contribution in [2.45, 2.75) is 52.3 Å². The lowest BCUT2D eigenvalue weighted by atomic mass is 10.0. The maximum atomic E-state index is 13.2. The first-order valence-corrected chi connectivity index (χ1v) is 12.2. The first-order valence-electron chi connectivity index (χ1n) is 12.2. The summed E-state index contributed by atoms with van der Waals surface area (Å²) in [6.07, 6.45) is -0.106. The third kappa shape index (κ3) is 6.00. The molecule has 0 spiro atoms. The van der Waals surface area contributed by atoms with Gasteiger partial charge in [-0.25, -0.2) is 0 Å². The Kier molecular flexibility index (Phi) is 7.94. The van der Waals surface area contributed by atoms with Crippen molar-refractivity contribution in [1.82, 2.24) is 9.72 Å². The molecule has 37 heavy (non-hydrogen) atoms. The zero-order valence-electron chi connectivity index (χ0n) is 20.7. The molecule has 0 amide bonds. The molecule has 4 aromatic rings. The van der Waals surface area contributed by atoms with Crippen LogP contribution < -0.4 is 9.47 Å². The van der Waals surface area contributed by atoms with Crippen LogP contribution in [-0.2, 0) is 23.9 Å². The Balaban J connectivity index is 1.32.